The Kier molecular flexibility index (Phi) is 3.38. The fourth-order valence-electron chi connectivity index (χ4n) is 4.13. The molecule has 23 heavy (non-hydrogen) atoms. The van der Waals surface area contributed by atoms with Gasteiger partial charge in [-0.2, -0.15) is 5.26 Å². The molecule has 114 valence electrons. The third kappa shape index (κ3) is 2.31. The van der Waals surface area contributed by atoms with Crippen molar-refractivity contribution in [2.75, 3.05) is 4.90 Å². The van der Waals surface area contributed by atoms with Crippen LogP contribution in [0.25, 0.3) is 0 Å². The van der Waals surface area contributed by atoms with Gasteiger partial charge in [-0.15, -0.1) is 0 Å². The number of carbonyl (C=O) groups excluding carboxylic acids is 1. The van der Waals surface area contributed by atoms with E-state index < -0.39 is 0 Å². The topological polar surface area (TPSA) is 44.1 Å². The second kappa shape index (κ2) is 5.55. The first-order chi connectivity index (χ1) is 11.3. The van der Waals surface area contributed by atoms with Crippen LogP contribution in [0.2, 0.25) is 0 Å². The molecule has 3 heteroatoms. The van der Waals surface area contributed by atoms with Crippen molar-refractivity contribution in [1.82, 2.24) is 0 Å². The van der Waals surface area contributed by atoms with Crippen molar-refractivity contribution in [2.45, 2.75) is 31.3 Å². The van der Waals surface area contributed by atoms with Gasteiger partial charge in [0.25, 0.3) is 0 Å². The average Bonchev–Trinajstić information content (AvgIpc) is 2.62. The Bertz CT molecular complexity index is 760. The van der Waals surface area contributed by atoms with Crippen LogP contribution >= 0.6 is 0 Å². The summed E-state index contributed by atoms with van der Waals surface area (Å²) >= 11 is 0. The summed E-state index contributed by atoms with van der Waals surface area (Å²) in [5.41, 5.74) is 2.98. The summed E-state index contributed by atoms with van der Waals surface area (Å²) in [5, 5.41) is 9.00. The SMILES string of the molecule is N#Cc1ccc(C2[C@@H]3CC[C@@H](CC3=O)N2c2ccccc2)cc1. The number of para-hydroxylation sites is 1. The summed E-state index contributed by atoms with van der Waals surface area (Å²) in [5.74, 6) is 0.455. The number of benzene rings is 2. The zero-order valence-electron chi connectivity index (χ0n) is 12.9. The summed E-state index contributed by atoms with van der Waals surface area (Å²) in [4.78, 5) is 14.9. The quantitative estimate of drug-likeness (QED) is 0.846. The highest BCUT2D eigenvalue weighted by Gasteiger charge is 2.47. The predicted octanol–water partition coefficient (Wildman–Crippen LogP) is 3.86. The van der Waals surface area contributed by atoms with Crippen molar-refractivity contribution in [3.63, 3.8) is 0 Å². The molecule has 0 N–H and O–H groups in total. The van der Waals surface area contributed by atoms with Gasteiger partial charge in [-0.1, -0.05) is 30.3 Å². The Morgan fingerprint density at radius 1 is 1.00 bits per heavy atom. The maximum Gasteiger partial charge on any atom is 0.140 e. The molecule has 0 aromatic heterocycles. The lowest BCUT2D eigenvalue weighted by molar-refractivity contribution is -0.128. The van der Waals surface area contributed by atoms with Crippen LogP contribution in [-0.2, 0) is 4.79 Å². The molecule has 0 spiro atoms. The van der Waals surface area contributed by atoms with E-state index in [1.807, 2.05) is 30.3 Å². The van der Waals surface area contributed by atoms with E-state index in [-0.39, 0.29) is 18.0 Å². The molecule has 1 saturated carbocycles. The fraction of sp³-hybridized carbons (Fsp3) is 0.300. The van der Waals surface area contributed by atoms with Crippen molar-refractivity contribution in [3.05, 3.63) is 65.7 Å². The largest absolute Gasteiger partial charge is 0.360 e. The monoisotopic (exact) mass is 302 g/mol. The molecule has 1 unspecified atom stereocenters. The van der Waals surface area contributed by atoms with E-state index in [9.17, 15) is 4.79 Å². The molecule has 3 aliphatic rings. The zero-order chi connectivity index (χ0) is 15.8. The van der Waals surface area contributed by atoms with Crippen LogP contribution in [0.4, 0.5) is 5.69 Å². The van der Waals surface area contributed by atoms with Crippen LogP contribution in [0.3, 0.4) is 0 Å². The van der Waals surface area contributed by atoms with Gasteiger partial charge < -0.3 is 4.90 Å². The number of rotatable bonds is 2. The number of anilines is 1. The fourth-order valence-corrected chi connectivity index (χ4v) is 4.13. The van der Waals surface area contributed by atoms with Gasteiger partial charge in [-0.3, -0.25) is 4.79 Å². The molecule has 2 aromatic carbocycles. The van der Waals surface area contributed by atoms with Crippen LogP contribution in [0.1, 0.15) is 36.4 Å². The number of hydrogen-bond donors (Lipinski definition) is 0. The highest BCUT2D eigenvalue weighted by molar-refractivity contribution is 5.86. The van der Waals surface area contributed by atoms with E-state index in [2.05, 4.69) is 35.2 Å². The third-order valence-electron chi connectivity index (χ3n) is 5.17. The molecule has 2 bridgehead atoms. The van der Waals surface area contributed by atoms with Crippen LogP contribution in [-0.4, -0.2) is 11.8 Å². The van der Waals surface area contributed by atoms with Crippen molar-refractivity contribution in [3.8, 4) is 6.07 Å². The minimum absolute atomic E-state index is 0.0631. The lowest BCUT2D eigenvalue weighted by Crippen LogP contribution is -2.54. The zero-order valence-corrected chi connectivity index (χ0v) is 12.9. The van der Waals surface area contributed by atoms with Crippen molar-refractivity contribution in [1.29, 1.82) is 5.26 Å². The van der Waals surface area contributed by atoms with E-state index in [0.29, 0.717) is 17.8 Å². The van der Waals surface area contributed by atoms with Crippen molar-refractivity contribution >= 4 is 11.5 Å². The summed E-state index contributed by atoms with van der Waals surface area (Å²) in [6.07, 6.45) is 2.71. The summed E-state index contributed by atoms with van der Waals surface area (Å²) in [7, 11) is 0. The van der Waals surface area contributed by atoms with Gasteiger partial charge in [0.2, 0.25) is 0 Å². The normalized spacial score (nSPS) is 26.1. The number of Topliss-reactive ketones (excluding diaryl/α,β-unsaturated/α-hetero) is 1. The Balaban J connectivity index is 1.79. The predicted molar refractivity (Wildman–Crippen MR) is 89.0 cm³/mol. The van der Waals surface area contributed by atoms with Gasteiger partial charge in [0.1, 0.15) is 5.78 Å². The van der Waals surface area contributed by atoms with Gasteiger partial charge in [0.05, 0.1) is 17.7 Å². The van der Waals surface area contributed by atoms with Crippen molar-refractivity contribution in [2.24, 2.45) is 5.92 Å². The molecule has 3 nitrogen and oxygen atoms in total. The molecule has 0 radical (unpaired) electrons. The van der Waals surface area contributed by atoms with Crippen LogP contribution in [0, 0.1) is 17.2 Å². The Labute approximate surface area is 136 Å². The molecule has 2 heterocycles. The summed E-state index contributed by atoms with van der Waals surface area (Å²) < 4.78 is 0. The Morgan fingerprint density at radius 2 is 1.74 bits per heavy atom. The molecule has 0 amide bonds. The van der Waals surface area contributed by atoms with Gasteiger partial charge in [-0.25, -0.2) is 0 Å². The van der Waals surface area contributed by atoms with Crippen LogP contribution < -0.4 is 4.90 Å². The van der Waals surface area contributed by atoms with Crippen molar-refractivity contribution < 1.29 is 4.79 Å². The molecular formula is C20H18N2O. The summed E-state index contributed by atoms with van der Waals surface area (Å²) in [6.45, 7) is 0. The molecule has 2 saturated heterocycles. The van der Waals surface area contributed by atoms with E-state index in [4.69, 9.17) is 5.26 Å². The molecule has 2 aliphatic heterocycles. The smallest absolute Gasteiger partial charge is 0.140 e. The highest BCUT2D eigenvalue weighted by atomic mass is 16.1. The number of ketones is 1. The van der Waals surface area contributed by atoms with Gasteiger partial charge in [0, 0.05) is 24.1 Å². The first kappa shape index (κ1) is 14.0. The molecule has 2 aromatic rings. The minimum atomic E-state index is 0.0631. The number of nitrogens with zero attached hydrogens (tertiary/aromatic N) is 2. The highest BCUT2D eigenvalue weighted by Crippen LogP contribution is 2.47. The summed E-state index contributed by atoms with van der Waals surface area (Å²) in [6, 6.07) is 20.6. The molecule has 5 rings (SSSR count). The Hall–Kier alpha value is -2.60. The van der Waals surface area contributed by atoms with Gasteiger partial charge in [0.15, 0.2) is 0 Å². The second-order valence-electron chi connectivity index (χ2n) is 6.43. The lowest BCUT2D eigenvalue weighted by atomic mass is 9.71. The van der Waals surface area contributed by atoms with E-state index in [1.54, 1.807) is 0 Å². The number of carbonyl (C=O) groups is 1. The molecule has 3 fully saturated rings. The third-order valence-corrected chi connectivity index (χ3v) is 5.17. The number of piperidine rings is 2. The maximum absolute atomic E-state index is 12.5. The van der Waals surface area contributed by atoms with E-state index in [1.165, 1.54) is 5.69 Å². The molecular weight excluding hydrogens is 284 g/mol. The minimum Gasteiger partial charge on any atom is -0.360 e. The van der Waals surface area contributed by atoms with Crippen LogP contribution in [0.15, 0.2) is 54.6 Å². The second-order valence-corrected chi connectivity index (χ2v) is 6.43. The first-order valence-corrected chi connectivity index (χ1v) is 8.14. The molecule has 1 aliphatic carbocycles. The van der Waals surface area contributed by atoms with E-state index in [0.717, 1.165) is 18.4 Å². The van der Waals surface area contributed by atoms with Gasteiger partial charge >= 0.3 is 0 Å². The van der Waals surface area contributed by atoms with Crippen LogP contribution in [0.5, 0.6) is 0 Å². The standard InChI is InChI=1S/C20H18N2O/c21-13-14-6-8-15(9-7-14)20-18-11-10-17(12-19(18)23)22(20)16-4-2-1-3-5-16/h1-9,17-18,20H,10-12H2/t17-,18+,20?/m0/s1. The number of hydrogen-bond acceptors (Lipinski definition) is 3. The van der Waals surface area contributed by atoms with E-state index >= 15 is 0 Å². The average molecular weight is 302 g/mol. The lowest BCUT2D eigenvalue weighted by Gasteiger charge is -2.52. The molecule has 3 atom stereocenters. The number of fused-ring (bicyclic) bond motifs is 3. The Morgan fingerprint density at radius 3 is 2.39 bits per heavy atom. The van der Waals surface area contributed by atoms with Gasteiger partial charge in [-0.05, 0) is 42.7 Å². The first-order valence-electron chi connectivity index (χ1n) is 8.14. The number of nitriles is 1. The maximum atomic E-state index is 12.5.